The van der Waals surface area contributed by atoms with Gasteiger partial charge in [0.15, 0.2) is 17.4 Å². The van der Waals surface area contributed by atoms with Gasteiger partial charge in [0, 0.05) is 36.2 Å². The van der Waals surface area contributed by atoms with Crippen molar-refractivity contribution in [3.8, 4) is 22.9 Å². The van der Waals surface area contributed by atoms with E-state index in [2.05, 4.69) is 15.0 Å². The number of carbonyl (C=O) groups is 1. The lowest BCUT2D eigenvalue weighted by molar-refractivity contribution is -0.136. The number of aromatic amines is 2. The van der Waals surface area contributed by atoms with Gasteiger partial charge in [0.1, 0.15) is 23.2 Å². The predicted molar refractivity (Wildman–Crippen MR) is 142 cm³/mol. The number of halogens is 4. The van der Waals surface area contributed by atoms with Crippen LogP contribution in [0, 0.1) is 23.3 Å². The summed E-state index contributed by atoms with van der Waals surface area (Å²) in [6, 6.07) is 11.0. The van der Waals surface area contributed by atoms with Crippen LogP contribution in [0.3, 0.4) is 0 Å². The zero-order valence-corrected chi connectivity index (χ0v) is 21.6. The lowest BCUT2D eigenvalue weighted by Crippen LogP contribution is -2.04. The minimum Gasteiger partial charge on any atom is -0.481 e. The Labute approximate surface area is 226 Å². The van der Waals surface area contributed by atoms with Crippen LogP contribution < -0.4 is 4.74 Å². The van der Waals surface area contributed by atoms with Crippen molar-refractivity contribution in [2.75, 3.05) is 0 Å². The molecule has 0 atom stereocenters. The Hall–Kier alpha value is -4.60. The molecular formula is C30H25F4N3O3. The standard InChI is InChI=1S/C30H25F4N3O3/c1-15(2)28-24(12-17-5-3-4-16(26(17)33)6-9-25(38)39)36-30(37-28)20-13-18(7-8-21(20)31)40-29-22(32)14-23-19(27(29)34)10-11-35-23/h3-5,7-8,10-11,13-15,35H,6,9,12H2,1-2H3,(H,36,37)(H,38,39). The molecule has 0 saturated carbocycles. The molecule has 0 aliphatic rings. The fraction of sp³-hybridized carbons (Fsp3) is 0.200. The molecule has 0 bridgehead atoms. The molecule has 0 aliphatic carbocycles. The van der Waals surface area contributed by atoms with Crippen molar-refractivity contribution in [2.24, 2.45) is 0 Å². The summed E-state index contributed by atoms with van der Waals surface area (Å²) in [6.07, 6.45) is 1.44. The van der Waals surface area contributed by atoms with Gasteiger partial charge in [-0.3, -0.25) is 4.79 Å². The van der Waals surface area contributed by atoms with Crippen LogP contribution in [0.25, 0.3) is 22.3 Å². The average molecular weight is 552 g/mol. The van der Waals surface area contributed by atoms with Gasteiger partial charge >= 0.3 is 5.97 Å². The number of H-pyrrole nitrogens is 2. The van der Waals surface area contributed by atoms with E-state index in [0.717, 1.165) is 12.1 Å². The van der Waals surface area contributed by atoms with Crippen molar-refractivity contribution in [2.45, 2.75) is 39.0 Å². The lowest BCUT2D eigenvalue weighted by Gasteiger charge is -2.10. The normalized spacial score (nSPS) is 11.5. The summed E-state index contributed by atoms with van der Waals surface area (Å²) in [5.74, 6) is -4.56. The fourth-order valence-electron chi connectivity index (χ4n) is 4.63. The highest BCUT2D eigenvalue weighted by Gasteiger charge is 2.21. The maximum absolute atomic E-state index is 15.2. The van der Waals surface area contributed by atoms with Crippen LogP contribution in [0.4, 0.5) is 17.6 Å². The predicted octanol–water partition coefficient (Wildman–Crippen LogP) is 7.64. The number of aromatic nitrogens is 3. The first-order valence-corrected chi connectivity index (χ1v) is 12.6. The summed E-state index contributed by atoms with van der Waals surface area (Å²) in [4.78, 5) is 21.3. The maximum Gasteiger partial charge on any atom is 0.303 e. The minimum absolute atomic E-state index is 0.00451. The van der Waals surface area contributed by atoms with Crippen molar-refractivity contribution in [1.82, 2.24) is 15.0 Å². The highest BCUT2D eigenvalue weighted by Crippen LogP contribution is 2.35. The number of aryl methyl sites for hydroxylation is 1. The molecule has 0 unspecified atom stereocenters. The summed E-state index contributed by atoms with van der Waals surface area (Å²) < 4.78 is 65.2. The molecule has 0 radical (unpaired) electrons. The van der Waals surface area contributed by atoms with E-state index >= 15 is 4.39 Å². The molecule has 2 aromatic heterocycles. The van der Waals surface area contributed by atoms with Crippen LogP contribution in [0.15, 0.2) is 54.7 Å². The van der Waals surface area contributed by atoms with Gasteiger partial charge in [-0.1, -0.05) is 32.0 Å². The number of ether oxygens (including phenoxy) is 1. The Bertz CT molecular complexity index is 1730. The molecule has 3 N–H and O–H groups in total. The fourth-order valence-corrected chi connectivity index (χ4v) is 4.63. The second-order valence-electron chi connectivity index (χ2n) is 9.75. The van der Waals surface area contributed by atoms with E-state index in [1.165, 1.54) is 24.4 Å². The molecule has 0 aliphatic heterocycles. The number of aliphatic carboxylic acids is 1. The Kier molecular flexibility index (Phi) is 7.34. The molecule has 0 amide bonds. The van der Waals surface area contributed by atoms with Gasteiger partial charge in [0.05, 0.1) is 16.8 Å². The van der Waals surface area contributed by atoms with E-state index in [1.807, 2.05) is 13.8 Å². The van der Waals surface area contributed by atoms with Crippen molar-refractivity contribution in [1.29, 1.82) is 0 Å². The van der Waals surface area contributed by atoms with E-state index in [1.54, 1.807) is 18.2 Å². The smallest absolute Gasteiger partial charge is 0.303 e. The molecule has 6 nitrogen and oxygen atoms in total. The summed E-state index contributed by atoms with van der Waals surface area (Å²) in [5, 5.41) is 9.10. The number of carboxylic acid groups (broad SMARTS) is 1. The van der Waals surface area contributed by atoms with Gasteiger partial charge < -0.3 is 19.8 Å². The third kappa shape index (κ3) is 5.29. The van der Waals surface area contributed by atoms with Crippen LogP contribution in [0.2, 0.25) is 0 Å². The number of hydrogen-bond acceptors (Lipinski definition) is 3. The third-order valence-electron chi connectivity index (χ3n) is 6.61. The average Bonchev–Trinajstić information content (AvgIpc) is 3.55. The van der Waals surface area contributed by atoms with E-state index in [9.17, 15) is 18.0 Å². The summed E-state index contributed by atoms with van der Waals surface area (Å²) in [7, 11) is 0. The largest absolute Gasteiger partial charge is 0.481 e. The number of benzene rings is 3. The monoisotopic (exact) mass is 551 g/mol. The van der Waals surface area contributed by atoms with Gasteiger partial charge in [-0.15, -0.1) is 0 Å². The number of imidazole rings is 1. The van der Waals surface area contributed by atoms with E-state index in [4.69, 9.17) is 9.84 Å². The topological polar surface area (TPSA) is 91.0 Å². The van der Waals surface area contributed by atoms with E-state index < -0.39 is 35.0 Å². The van der Waals surface area contributed by atoms with Gasteiger partial charge in [-0.25, -0.2) is 22.5 Å². The van der Waals surface area contributed by atoms with E-state index in [-0.39, 0.29) is 53.2 Å². The Morgan fingerprint density at radius 2 is 1.77 bits per heavy atom. The maximum atomic E-state index is 15.2. The molecule has 0 saturated heterocycles. The minimum atomic E-state index is -1.02. The Morgan fingerprint density at radius 3 is 2.52 bits per heavy atom. The summed E-state index contributed by atoms with van der Waals surface area (Å²) in [6.45, 7) is 3.78. The number of fused-ring (bicyclic) bond motifs is 1. The molecule has 5 aromatic rings. The van der Waals surface area contributed by atoms with Gasteiger partial charge in [-0.05, 0) is 47.7 Å². The SMILES string of the molecule is CC(C)c1nc(-c2cc(Oc3c(F)cc4[nH]ccc4c3F)ccc2F)[nH]c1Cc1cccc(CCC(=O)O)c1F. The van der Waals surface area contributed by atoms with Crippen LogP contribution >= 0.6 is 0 Å². The van der Waals surface area contributed by atoms with Crippen molar-refractivity contribution >= 4 is 16.9 Å². The number of nitrogens with one attached hydrogen (secondary N) is 2. The molecule has 5 rings (SSSR count). The first kappa shape index (κ1) is 27.0. The van der Waals surface area contributed by atoms with Crippen LogP contribution in [-0.2, 0) is 17.6 Å². The van der Waals surface area contributed by atoms with Crippen molar-refractivity contribution in [3.05, 3.63) is 101 Å². The number of rotatable bonds is 9. The first-order valence-electron chi connectivity index (χ1n) is 12.6. The zero-order chi connectivity index (χ0) is 28.6. The third-order valence-corrected chi connectivity index (χ3v) is 6.61. The van der Waals surface area contributed by atoms with Gasteiger partial charge in [0.2, 0.25) is 0 Å². The van der Waals surface area contributed by atoms with Crippen LogP contribution in [0.1, 0.15) is 48.7 Å². The molecule has 0 spiro atoms. The molecular weight excluding hydrogens is 526 g/mol. The molecule has 3 aromatic carbocycles. The zero-order valence-electron chi connectivity index (χ0n) is 21.6. The molecule has 40 heavy (non-hydrogen) atoms. The van der Waals surface area contributed by atoms with Crippen molar-refractivity contribution < 1.29 is 32.2 Å². The van der Waals surface area contributed by atoms with Gasteiger partial charge in [0.25, 0.3) is 0 Å². The summed E-state index contributed by atoms with van der Waals surface area (Å²) >= 11 is 0. The molecule has 10 heteroatoms. The quantitative estimate of drug-likeness (QED) is 0.164. The van der Waals surface area contributed by atoms with Crippen LogP contribution in [0.5, 0.6) is 11.5 Å². The highest BCUT2D eigenvalue weighted by molar-refractivity contribution is 5.82. The van der Waals surface area contributed by atoms with Crippen molar-refractivity contribution in [3.63, 3.8) is 0 Å². The number of carboxylic acids is 1. The molecule has 206 valence electrons. The van der Waals surface area contributed by atoms with Gasteiger partial charge in [-0.2, -0.15) is 0 Å². The Morgan fingerprint density at radius 1 is 1.00 bits per heavy atom. The second kappa shape index (κ2) is 10.9. The lowest BCUT2D eigenvalue weighted by atomic mass is 9.99. The Balaban J connectivity index is 1.48. The number of nitrogens with zero attached hydrogens (tertiary/aromatic N) is 1. The second-order valence-corrected chi connectivity index (χ2v) is 9.75. The first-order chi connectivity index (χ1) is 19.1. The molecule has 0 fully saturated rings. The van der Waals surface area contributed by atoms with E-state index in [0.29, 0.717) is 22.5 Å². The van der Waals surface area contributed by atoms with Crippen LogP contribution in [-0.4, -0.2) is 26.0 Å². The highest BCUT2D eigenvalue weighted by atomic mass is 19.1. The summed E-state index contributed by atoms with van der Waals surface area (Å²) in [5.41, 5.74) is 2.05. The molecule has 2 heterocycles. The number of hydrogen-bond donors (Lipinski definition) is 3.